The van der Waals surface area contributed by atoms with E-state index in [1.807, 2.05) is 0 Å². The van der Waals surface area contributed by atoms with Crippen molar-refractivity contribution in [2.24, 2.45) is 5.14 Å². The number of rotatable bonds is 3. The number of hydrogen-bond donors (Lipinski definition) is 1. The average molecular weight is 234 g/mol. The van der Waals surface area contributed by atoms with Gasteiger partial charge in [-0.3, -0.25) is 4.79 Å². The van der Waals surface area contributed by atoms with Crippen LogP contribution in [0.3, 0.4) is 0 Å². The molecular formula is C7H10N2O3S2. The minimum absolute atomic E-state index is 0.0801. The summed E-state index contributed by atoms with van der Waals surface area (Å²) < 4.78 is 21.3. The molecule has 0 saturated heterocycles. The monoisotopic (exact) mass is 234 g/mol. The van der Waals surface area contributed by atoms with Gasteiger partial charge in [-0.2, -0.15) is 0 Å². The first-order valence-corrected chi connectivity index (χ1v) is 6.02. The second-order valence-electron chi connectivity index (χ2n) is 2.91. The topological polar surface area (TPSA) is 80.5 Å². The maximum absolute atomic E-state index is 11.3. The summed E-state index contributed by atoms with van der Waals surface area (Å²) in [5.41, 5.74) is 0. The Labute approximate surface area is 87.6 Å². The molecule has 5 nitrogen and oxygen atoms in total. The first-order valence-electron chi connectivity index (χ1n) is 3.89. The van der Waals surface area contributed by atoms with Crippen molar-refractivity contribution in [3.05, 3.63) is 12.3 Å². The summed E-state index contributed by atoms with van der Waals surface area (Å²) in [7, 11) is -3.52. The molecule has 1 aliphatic rings. The van der Waals surface area contributed by atoms with Crippen LogP contribution in [0.4, 0.5) is 0 Å². The molecule has 7 heteroatoms. The van der Waals surface area contributed by atoms with Crippen LogP contribution in [0.1, 0.15) is 6.42 Å². The zero-order valence-corrected chi connectivity index (χ0v) is 8.97. The Morgan fingerprint density at radius 3 is 2.71 bits per heavy atom. The third-order valence-electron chi connectivity index (χ3n) is 1.70. The van der Waals surface area contributed by atoms with Crippen LogP contribution in [0.15, 0.2) is 12.3 Å². The van der Waals surface area contributed by atoms with Crippen molar-refractivity contribution in [3.8, 4) is 0 Å². The second kappa shape index (κ2) is 4.16. The highest BCUT2D eigenvalue weighted by atomic mass is 32.2. The van der Waals surface area contributed by atoms with Gasteiger partial charge in [0.2, 0.25) is 15.9 Å². The molecule has 1 rings (SSSR count). The summed E-state index contributed by atoms with van der Waals surface area (Å²) in [5.74, 6) is -0.434. The number of amides is 1. The lowest BCUT2D eigenvalue weighted by Crippen LogP contribution is -2.35. The highest BCUT2D eigenvalue weighted by Crippen LogP contribution is 2.06. The smallest absolute Gasteiger partial charge is 0.231 e. The summed E-state index contributed by atoms with van der Waals surface area (Å²) in [6, 6.07) is 0. The Bertz CT molecular complexity index is 386. The van der Waals surface area contributed by atoms with Gasteiger partial charge in [-0.05, 0) is 6.08 Å². The minimum Gasteiger partial charge on any atom is -0.318 e. The maximum Gasteiger partial charge on any atom is 0.231 e. The number of carbonyl (C=O) groups is 1. The molecule has 0 aromatic carbocycles. The van der Waals surface area contributed by atoms with Crippen molar-refractivity contribution in [2.45, 2.75) is 6.42 Å². The molecule has 14 heavy (non-hydrogen) atoms. The van der Waals surface area contributed by atoms with Crippen molar-refractivity contribution < 1.29 is 13.2 Å². The number of nitrogens with zero attached hydrogens (tertiary/aromatic N) is 1. The van der Waals surface area contributed by atoms with E-state index >= 15 is 0 Å². The van der Waals surface area contributed by atoms with E-state index in [1.165, 1.54) is 11.1 Å². The molecular weight excluding hydrogens is 224 g/mol. The number of thiocarbonyl (C=S) groups is 1. The van der Waals surface area contributed by atoms with Gasteiger partial charge >= 0.3 is 0 Å². The summed E-state index contributed by atoms with van der Waals surface area (Å²) in [6.45, 7) is 0.0801. The van der Waals surface area contributed by atoms with Crippen LogP contribution < -0.4 is 5.14 Å². The molecule has 0 spiro atoms. The normalized spacial score (nSPS) is 17.6. The first-order chi connectivity index (χ1) is 6.38. The van der Waals surface area contributed by atoms with Crippen LogP contribution in [0.25, 0.3) is 0 Å². The predicted octanol–water partition coefficient (Wildman–Crippen LogP) is -0.609. The highest BCUT2D eigenvalue weighted by molar-refractivity contribution is 7.89. The van der Waals surface area contributed by atoms with E-state index < -0.39 is 10.0 Å². The lowest BCUT2D eigenvalue weighted by Gasteiger charge is -2.20. The fourth-order valence-electron chi connectivity index (χ4n) is 0.991. The van der Waals surface area contributed by atoms with Gasteiger partial charge in [0.25, 0.3) is 0 Å². The molecule has 0 aliphatic carbocycles. The summed E-state index contributed by atoms with van der Waals surface area (Å²) in [5, 5.41) is 4.81. The Kier molecular flexibility index (Phi) is 3.35. The van der Waals surface area contributed by atoms with E-state index in [-0.39, 0.29) is 24.6 Å². The zero-order valence-electron chi connectivity index (χ0n) is 7.34. The Balaban J connectivity index is 2.58. The average Bonchev–Trinajstić information content (AvgIpc) is 2.00. The molecule has 0 radical (unpaired) electrons. The number of carbonyl (C=O) groups excluding carboxylic acids is 1. The summed E-state index contributed by atoms with van der Waals surface area (Å²) >= 11 is 4.82. The maximum atomic E-state index is 11.3. The van der Waals surface area contributed by atoms with Crippen LogP contribution in [-0.4, -0.2) is 36.4 Å². The molecule has 0 saturated carbocycles. The largest absolute Gasteiger partial charge is 0.318 e. The standard InChI is InChI=1S/C7H10N2O3S2/c8-14(11,12)4-3-9-2-1-6(13)5-7(9)10/h1-2H,3-5H2,(H2,8,11,12). The molecule has 1 amide bonds. The molecule has 0 aromatic rings. The van der Waals surface area contributed by atoms with Gasteiger partial charge < -0.3 is 4.90 Å². The summed E-state index contributed by atoms with van der Waals surface area (Å²) in [4.78, 5) is 13.1. The number of allylic oxidation sites excluding steroid dienone is 1. The van der Waals surface area contributed by atoms with Crippen LogP contribution in [0.2, 0.25) is 0 Å². The van der Waals surface area contributed by atoms with Crippen LogP contribution >= 0.6 is 12.2 Å². The Hall–Kier alpha value is -0.790. The van der Waals surface area contributed by atoms with Gasteiger partial charge in [0.05, 0.1) is 12.2 Å². The molecule has 0 atom stereocenters. The van der Waals surface area contributed by atoms with Gasteiger partial charge in [0.1, 0.15) is 0 Å². The fourth-order valence-corrected chi connectivity index (χ4v) is 1.63. The van der Waals surface area contributed by atoms with Gasteiger partial charge in [-0.1, -0.05) is 12.2 Å². The molecule has 1 aliphatic heterocycles. The molecule has 2 N–H and O–H groups in total. The van der Waals surface area contributed by atoms with E-state index in [0.717, 1.165) is 0 Å². The van der Waals surface area contributed by atoms with Gasteiger partial charge in [0.15, 0.2) is 0 Å². The van der Waals surface area contributed by atoms with E-state index in [0.29, 0.717) is 4.86 Å². The lowest BCUT2D eigenvalue weighted by atomic mass is 10.2. The third-order valence-corrected chi connectivity index (χ3v) is 2.73. The molecule has 78 valence electrons. The van der Waals surface area contributed by atoms with Crippen LogP contribution in [-0.2, 0) is 14.8 Å². The number of nitrogens with two attached hydrogens (primary N) is 1. The van der Waals surface area contributed by atoms with Gasteiger partial charge in [-0.15, -0.1) is 0 Å². The van der Waals surface area contributed by atoms with Crippen molar-refractivity contribution >= 4 is 33.0 Å². The number of sulfonamides is 1. The number of primary sulfonamides is 1. The second-order valence-corrected chi connectivity index (χ2v) is 5.17. The highest BCUT2D eigenvalue weighted by Gasteiger charge is 2.17. The third kappa shape index (κ3) is 3.52. The van der Waals surface area contributed by atoms with E-state index in [4.69, 9.17) is 17.4 Å². The molecule has 0 aromatic heterocycles. The molecule has 0 fully saturated rings. The number of hydrogen-bond acceptors (Lipinski definition) is 4. The summed E-state index contributed by atoms with van der Waals surface area (Å²) in [6.07, 6.45) is 3.26. The van der Waals surface area contributed by atoms with E-state index in [9.17, 15) is 13.2 Å². The zero-order chi connectivity index (χ0) is 10.8. The van der Waals surface area contributed by atoms with Crippen LogP contribution in [0, 0.1) is 0 Å². The SMILES string of the molecule is NS(=O)(=O)CCN1C=CC(=S)CC1=O. The first kappa shape index (κ1) is 11.3. The van der Waals surface area contributed by atoms with Gasteiger partial charge in [-0.25, -0.2) is 13.6 Å². The van der Waals surface area contributed by atoms with Crippen molar-refractivity contribution in [2.75, 3.05) is 12.3 Å². The van der Waals surface area contributed by atoms with Crippen molar-refractivity contribution in [1.29, 1.82) is 0 Å². The Morgan fingerprint density at radius 1 is 1.57 bits per heavy atom. The quantitative estimate of drug-likeness (QED) is 0.661. The molecule has 0 unspecified atom stereocenters. The predicted molar refractivity (Wildman–Crippen MR) is 56.0 cm³/mol. The van der Waals surface area contributed by atoms with Gasteiger partial charge in [0, 0.05) is 17.6 Å². The lowest BCUT2D eigenvalue weighted by molar-refractivity contribution is -0.127. The van der Waals surface area contributed by atoms with E-state index in [1.54, 1.807) is 6.08 Å². The molecule has 1 heterocycles. The van der Waals surface area contributed by atoms with Crippen molar-refractivity contribution in [3.63, 3.8) is 0 Å². The van der Waals surface area contributed by atoms with Crippen molar-refractivity contribution in [1.82, 2.24) is 4.90 Å². The van der Waals surface area contributed by atoms with Crippen LogP contribution in [0.5, 0.6) is 0 Å². The fraction of sp³-hybridized carbons (Fsp3) is 0.429. The van der Waals surface area contributed by atoms with E-state index in [2.05, 4.69) is 0 Å². The Morgan fingerprint density at radius 2 is 2.21 bits per heavy atom. The molecule has 0 bridgehead atoms. The minimum atomic E-state index is -3.52.